The smallest absolute Gasteiger partial charge is 0.341 e. The zero-order chi connectivity index (χ0) is 15.7. The molecular weight excluding hydrogens is 302 g/mol. The maximum Gasteiger partial charge on any atom is 0.341 e. The van der Waals surface area contributed by atoms with Crippen LogP contribution < -0.4 is 0 Å². The van der Waals surface area contributed by atoms with Crippen molar-refractivity contribution in [1.29, 1.82) is 0 Å². The predicted octanol–water partition coefficient (Wildman–Crippen LogP) is 3.30. The van der Waals surface area contributed by atoms with E-state index in [1.165, 1.54) is 0 Å². The molecule has 2 aliphatic heterocycles. The number of hydrazone groups is 1. The van der Waals surface area contributed by atoms with E-state index in [1.807, 2.05) is 38.1 Å². The first-order chi connectivity index (χ1) is 10.5. The normalized spacial score (nSPS) is 21.5. The predicted molar refractivity (Wildman–Crippen MR) is 86.1 cm³/mol. The molecular formula is C16H20ClN3O2. The number of rotatable bonds is 3. The van der Waals surface area contributed by atoms with Crippen LogP contribution in [-0.2, 0) is 4.74 Å². The van der Waals surface area contributed by atoms with Gasteiger partial charge in [-0.2, -0.15) is 5.10 Å². The van der Waals surface area contributed by atoms with Crippen LogP contribution in [0, 0.1) is 0 Å². The minimum Gasteiger partial charge on any atom is -0.372 e. The molecule has 0 bridgehead atoms. The van der Waals surface area contributed by atoms with Gasteiger partial charge in [-0.15, -0.1) is 0 Å². The molecule has 3 rings (SSSR count). The van der Waals surface area contributed by atoms with E-state index < -0.39 is 0 Å². The van der Waals surface area contributed by atoms with E-state index in [9.17, 15) is 4.79 Å². The Morgan fingerprint density at radius 2 is 2.00 bits per heavy atom. The molecule has 0 radical (unpaired) electrons. The molecule has 2 heterocycles. The summed E-state index contributed by atoms with van der Waals surface area (Å²) in [4.78, 5) is 14.3. The van der Waals surface area contributed by atoms with Crippen LogP contribution in [0.15, 0.2) is 29.4 Å². The highest BCUT2D eigenvalue weighted by Gasteiger charge is 2.38. The second kappa shape index (κ2) is 6.26. The first-order valence-corrected chi connectivity index (χ1v) is 7.94. The van der Waals surface area contributed by atoms with Crippen LogP contribution in [0.25, 0.3) is 0 Å². The third kappa shape index (κ3) is 3.10. The highest BCUT2D eigenvalue weighted by molar-refractivity contribution is 6.30. The lowest BCUT2D eigenvalue weighted by molar-refractivity contribution is -0.0691. The summed E-state index contributed by atoms with van der Waals surface area (Å²) in [6.07, 6.45) is 2.85. The van der Waals surface area contributed by atoms with Crippen LogP contribution in [0.4, 0.5) is 4.79 Å². The van der Waals surface area contributed by atoms with Crippen molar-refractivity contribution in [3.05, 3.63) is 34.9 Å². The molecule has 1 aromatic carbocycles. The van der Waals surface area contributed by atoms with E-state index in [0.29, 0.717) is 18.1 Å². The number of ether oxygens (including phenoxy) is 1. The van der Waals surface area contributed by atoms with E-state index in [0.717, 1.165) is 12.0 Å². The Morgan fingerprint density at radius 1 is 1.32 bits per heavy atom. The number of hydrogen-bond donors (Lipinski definition) is 0. The van der Waals surface area contributed by atoms with Crippen molar-refractivity contribution in [2.45, 2.75) is 38.5 Å². The summed E-state index contributed by atoms with van der Waals surface area (Å²) in [7, 11) is 0. The van der Waals surface area contributed by atoms with Crippen molar-refractivity contribution in [2.24, 2.45) is 5.10 Å². The van der Waals surface area contributed by atoms with Crippen molar-refractivity contribution in [1.82, 2.24) is 9.91 Å². The summed E-state index contributed by atoms with van der Waals surface area (Å²) in [5.74, 6) is 0. The number of urea groups is 1. The fraction of sp³-hybridized carbons (Fsp3) is 0.500. The molecule has 1 unspecified atom stereocenters. The Labute approximate surface area is 135 Å². The Balaban J connectivity index is 1.62. The van der Waals surface area contributed by atoms with Crippen LogP contribution in [-0.4, -0.2) is 47.5 Å². The Morgan fingerprint density at radius 3 is 2.64 bits per heavy atom. The van der Waals surface area contributed by atoms with E-state index in [1.54, 1.807) is 16.1 Å². The van der Waals surface area contributed by atoms with E-state index in [4.69, 9.17) is 16.3 Å². The van der Waals surface area contributed by atoms with Crippen molar-refractivity contribution >= 4 is 23.8 Å². The summed E-state index contributed by atoms with van der Waals surface area (Å²) in [5, 5.41) is 6.50. The average molecular weight is 322 g/mol. The fourth-order valence-corrected chi connectivity index (χ4v) is 2.90. The van der Waals surface area contributed by atoms with Gasteiger partial charge in [-0.3, -0.25) is 0 Å². The number of benzene rings is 1. The maximum atomic E-state index is 12.6. The molecule has 2 amide bonds. The lowest BCUT2D eigenvalue weighted by Crippen LogP contribution is -2.58. The minimum atomic E-state index is -0.0580. The molecule has 0 aliphatic carbocycles. The topological polar surface area (TPSA) is 45.1 Å². The second-order valence-electron chi connectivity index (χ2n) is 5.94. The van der Waals surface area contributed by atoms with Gasteiger partial charge >= 0.3 is 6.03 Å². The van der Waals surface area contributed by atoms with Gasteiger partial charge in [0.1, 0.15) is 0 Å². The SMILES string of the molecule is CC(C)OC1CN(C(=O)N2N=CCC2c2ccc(Cl)cc2)C1. The molecule has 2 aliphatic rings. The van der Waals surface area contributed by atoms with E-state index in [2.05, 4.69) is 5.10 Å². The van der Waals surface area contributed by atoms with Gasteiger partial charge in [-0.1, -0.05) is 23.7 Å². The molecule has 0 N–H and O–H groups in total. The highest BCUT2D eigenvalue weighted by atomic mass is 35.5. The zero-order valence-corrected chi connectivity index (χ0v) is 13.5. The van der Waals surface area contributed by atoms with Crippen LogP contribution in [0.3, 0.4) is 0 Å². The van der Waals surface area contributed by atoms with Gasteiger partial charge in [0.05, 0.1) is 31.3 Å². The van der Waals surface area contributed by atoms with Crippen LogP contribution in [0.5, 0.6) is 0 Å². The molecule has 6 heteroatoms. The third-order valence-electron chi connectivity index (χ3n) is 3.86. The molecule has 0 spiro atoms. The van der Waals surface area contributed by atoms with Gasteiger partial charge in [0.15, 0.2) is 0 Å². The summed E-state index contributed by atoms with van der Waals surface area (Å²) in [6, 6.07) is 7.47. The summed E-state index contributed by atoms with van der Waals surface area (Å²) >= 11 is 5.92. The number of hydrogen-bond acceptors (Lipinski definition) is 3. The zero-order valence-electron chi connectivity index (χ0n) is 12.8. The third-order valence-corrected chi connectivity index (χ3v) is 4.12. The van der Waals surface area contributed by atoms with Crippen LogP contribution >= 0.6 is 11.6 Å². The van der Waals surface area contributed by atoms with Gasteiger partial charge in [-0.25, -0.2) is 9.80 Å². The van der Waals surface area contributed by atoms with Gasteiger partial charge in [0.2, 0.25) is 0 Å². The van der Waals surface area contributed by atoms with Crippen LogP contribution in [0.2, 0.25) is 5.02 Å². The molecule has 5 nitrogen and oxygen atoms in total. The van der Waals surface area contributed by atoms with Crippen LogP contribution in [0.1, 0.15) is 31.9 Å². The molecule has 118 valence electrons. The summed E-state index contributed by atoms with van der Waals surface area (Å²) in [6.45, 7) is 5.28. The first kappa shape index (κ1) is 15.3. The van der Waals surface area contributed by atoms with E-state index >= 15 is 0 Å². The number of amides is 2. The Hall–Kier alpha value is -1.59. The van der Waals surface area contributed by atoms with Crippen molar-refractivity contribution in [3.8, 4) is 0 Å². The van der Waals surface area contributed by atoms with E-state index in [-0.39, 0.29) is 24.3 Å². The minimum absolute atomic E-state index is 0.0465. The fourth-order valence-electron chi connectivity index (χ4n) is 2.77. The molecule has 1 aromatic rings. The molecule has 0 saturated carbocycles. The quantitative estimate of drug-likeness (QED) is 0.857. The number of nitrogens with zero attached hydrogens (tertiary/aromatic N) is 3. The lowest BCUT2D eigenvalue weighted by atomic mass is 10.0. The number of likely N-dealkylation sites (tertiary alicyclic amines) is 1. The van der Waals surface area contributed by atoms with Gasteiger partial charge in [0.25, 0.3) is 0 Å². The molecule has 1 atom stereocenters. The lowest BCUT2D eigenvalue weighted by Gasteiger charge is -2.41. The van der Waals surface area contributed by atoms with Crippen molar-refractivity contribution in [3.63, 3.8) is 0 Å². The Kier molecular flexibility index (Phi) is 4.36. The number of carbonyl (C=O) groups excluding carboxylic acids is 1. The molecule has 1 saturated heterocycles. The molecule has 0 aromatic heterocycles. The number of halogens is 1. The first-order valence-electron chi connectivity index (χ1n) is 7.56. The molecule has 1 fully saturated rings. The van der Waals surface area contributed by atoms with Crippen molar-refractivity contribution < 1.29 is 9.53 Å². The summed E-state index contributed by atoms with van der Waals surface area (Å²) in [5.41, 5.74) is 1.05. The standard InChI is InChI=1S/C16H20ClN3O2/c1-11(2)22-14-9-19(10-14)16(21)20-15(7-8-18-20)12-3-5-13(17)6-4-12/h3-6,8,11,14-15H,7,9-10H2,1-2H3. The monoisotopic (exact) mass is 321 g/mol. The van der Waals surface area contributed by atoms with Gasteiger partial charge in [-0.05, 0) is 31.5 Å². The van der Waals surface area contributed by atoms with Crippen molar-refractivity contribution in [2.75, 3.05) is 13.1 Å². The number of carbonyl (C=O) groups is 1. The largest absolute Gasteiger partial charge is 0.372 e. The maximum absolute atomic E-state index is 12.6. The Bertz CT molecular complexity index is 567. The average Bonchev–Trinajstić information content (AvgIpc) is 2.91. The molecule has 22 heavy (non-hydrogen) atoms. The highest BCUT2D eigenvalue weighted by Crippen LogP contribution is 2.31. The van der Waals surface area contributed by atoms with Gasteiger partial charge in [0, 0.05) is 17.7 Å². The second-order valence-corrected chi connectivity index (χ2v) is 6.38. The van der Waals surface area contributed by atoms with Gasteiger partial charge < -0.3 is 9.64 Å². The summed E-state index contributed by atoms with van der Waals surface area (Å²) < 4.78 is 5.69.